The van der Waals surface area contributed by atoms with Crippen LogP contribution >= 0.6 is 0 Å². The first kappa shape index (κ1) is 13.0. The molecule has 19 heavy (non-hydrogen) atoms. The van der Waals surface area contributed by atoms with E-state index in [1.807, 2.05) is 0 Å². The van der Waals surface area contributed by atoms with E-state index in [2.05, 4.69) is 5.32 Å². The van der Waals surface area contributed by atoms with Gasteiger partial charge < -0.3 is 10.2 Å². The van der Waals surface area contributed by atoms with Crippen molar-refractivity contribution in [1.82, 2.24) is 4.90 Å². The largest absolute Gasteiger partial charge is 0.333 e. The summed E-state index contributed by atoms with van der Waals surface area (Å²) in [5.41, 5.74) is 0.265. The second kappa shape index (κ2) is 5.47. The number of hydrogen-bond acceptors (Lipinski definition) is 4. The Morgan fingerprint density at radius 1 is 1.47 bits per heavy atom. The molecule has 1 heterocycles. The first-order valence-electron chi connectivity index (χ1n) is 5.88. The normalized spacial score (nSPS) is 14.5. The number of nitrogens with zero attached hydrogens (tertiary/aromatic N) is 2. The van der Waals surface area contributed by atoms with Crippen LogP contribution in [-0.2, 0) is 9.59 Å². The van der Waals surface area contributed by atoms with Crippen LogP contribution in [0.1, 0.15) is 12.8 Å². The van der Waals surface area contributed by atoms with Gasteiger partial charge in [0.15, 0.2) is 0 Å². The van der Waals surface area contributed by atoms with Crippen molar-refractivity contribution in [3.63, 3.8) is 0 Å². The van der Waals surface area contributed by atoms with Crippen LogP contribution in [0, 0.1) is 10.1 Å². The maximum atomic E-state index is 11.7. The van der Waals surface area contributed by atoms with Gasteiger partial charge in [-0.15, -0.1) is 0 Å². The molecule has 0 unspecified atom stereocenters. The number of nitrogens with one attached hydrogen (secondary N) is 1. The maximum absolute atomic E-state index is 11.7. The molecule has 0 spiro atoms. The molecule has 7 heteroatoms. The predicted octanol–water partition coefficient (Wildman–Crippen LogP) is 1.16. The topological polar surface area (TPSA) is 92.6 Å². The van der Waals surface area contributed by atoms with Crippen LogP contribution in [0.2, 0.25) is 0 Å². The van der Waals surface area contributed by atoms with Gasteiger partial charge in [0, 0.05) is 30.8 Å². The highest BCUT2D eigenvalue weighted by Crippen LogP contribution is 2.17. The van der Waals surface area contributed by atoms with Gasteiger partial charge in [-0.25, -0.2) is 0 Å². The van der Waals surface area contributed by atoms with Crippen molar-refractivity contribution < 1.29 is 14.5 Å². The van der Waals surface area contributed by atoms with E-state index in [0.717, 1.165) is 6.42 Å². The molecule has 1 aromatic rings. The second-order valence-corrected chi connectivity index (χ2v) is 4.27. The number of anilines is 1. The standard InChI is InChI=1S/C12H13N3O4/c16-11(8-14-6-2-5-12(14)17)13-9-3-1-4-10(7-9)15(18)19/h1,3-4,7H,2,5-6,8H2,(H,13,16). The van der Waals surface area contributed by atoms with Crippen molar-refractivity contribution in [2.75, 3.05) is 18.4 Å². The van der Waals surface area contributed by atoms with E-state index < -0.39 is 4.92 Å². The summed E-state index contributed by atoms with van der Waals surface area (Å²) in [6.45, 7) is 0.572. The molecule has 0 bridgehead atoms. The van der Waals surface area contributed by atoms with E-state index in [-0.39, 0.29) is 24.0 Å². The minimum absolute atomic E-state index is 0.0124. The Balaban J connectivity index is 1.97. The molecule has 1 aliphatic heterocycles. The molecule has 0 aromatic heterocycles. The van der Waals surface area contributed by atoms with Crippen LogP contribution < -0.4 is 5.32 Å². The van der Waals surface area contributed by atoms with E-state index in [1.165, 1.54) is 23.1 Å². The minimum atomic E-state index is -0.528. The smallest absolute Gasteiger partial charge is 0.271 e. The molecular formula is C12H13N3O4. The van der Waals surface area contributed by atoms with E-state index in [1.54, 1.807) is 6.07 Å². The van der Waals surface area contributed by atoms with E-state index in [0.29, 0.717) is 18.7 Å². The molecule has 1 fully saturated rings. The summed E-state index contributed by atoms with van der Waals surface area (Å²) in [6.07, 6.45) is 1.24. The SMILES string of the molecule is O=C(CN1CCCC1=O)Nc1cccc([N+](=O)[O-])c1. The number of benzene rings is 1. The lowest BCUT2D eigenvalue weighted by Gasteiger charge is -2.14. The zero-order valence-corrected chi connectivity index (χ0v) is 10.2. The van der Waals surface area contributed by atoms with E-state index >= 15 is 0 Å². The Hall–Kier alpha value is -2.44. The molecular weight excluding hydrogens is 250 g/mol. The highest BCUT2D eigenvalue weighted by Gasteiger charge is 2.22. The highest BCUT2D eigenvalue weighted by molar-refractivity contribution is 5.95. The lowest BCUT2D eigenvalue weighted by Crippen LogP contribution is -2.33. The molecule has 2 amide bonds. The van der Waals surface area contributed by atoms with Gasteiger partial charge in [-0.3, -0.25) is 19.7 Å². The summed E-state index contributed by atoms with van der Waals surface area (Å²) in [5.74, 6) is -0.384. The molecule has 1 aromatic carbocycles. The molecule has 0 radical (unpaired) electrons. The number of amides is 2. The first-order chi connectivity index (χ1) is 9.06. The number of likely N-dealkylation sites (tertiary alicyclic amines) is 1. The summed E-state index contributed by atoms with van der Waals surface area (Å²) in [7, 11) is 0. The fourth-order valence-electron chi connectivity index (χ4n) is 1.94. The molecule has 100 valence electrons. The number of nitro benzene ring substituents is 1. The molecule has 1 saturated heterocycles. The van der Waals surface area contributed by atoms with Crippen LogP contribution in [0.4, 0.5) is 11.4 Å². The summed E-state index contributed by atoms with van der Waals surface area (Å²) in [4.78, 5) is 34.6. The Kier molecular flexibility index (Phi) is 3.74. The third-order valence-corrected chi connectivity index (χ3v) is 2.85. The van der Waals surface area contributed by atoms with Gasteiger partial charge in [-0.1, -0.05) is 6.07 Å². The second-order valence-electron chi connectivity index (χ2n) is 4.27. The molecule has 2 rings (SSSR count). The van der Waals surface area contributed by atoms with Gasteiger partial charge in [0.05, 0.1) is 11.5 Å². The molecule has 1 N–H and O–H groups in total. The molecule has 0 saturated carbocycles. The van der Waals surface area contributed by atoms with Gasteiger partial charge in [0.1, 0.15) is 0 Å². The number of carbonyl (C=O) groups excluding carboxylic acids is 2. The van der Waals surface area contributed by atoms with E-state index in [4.69, 9.17) is 0 Å². The van der Waals surface area contributed by atoms with Gasteiger partial charge in [0.2, 0.25) is 11.8 Å². The molecule has 7 nitrogen and oxygen atoms in total. The zero-order valence-electron chi connectivity index (χ0n) is 10.2. The minimum Gasteiger partial charge on any atom is -0.333 e. The average Bonchev–Trinajstić information content (AvgIpc) is 2.75. The van der Waals surface area contributed by atoms with Crippen molar-refractivity contribution >= 4 is 23.2 Å². The molecule has 1 aliphatic rings. The number of non-ortho nitro benzene ring substituents is 1. The predicted molar refractivity (Wildman–Crippen MR) is 67.5 cm³/mol. The summed E-state index contributed by atoms with van der Waals surface area (Å²) in [6, 6.07) is 5.69. The van der Waals surface area contributed by atoms with Crippen molar-refractivity contribution in [2.24, 2.45) is 0 Å². The van der Waals surface area contributed by atoms with Crippen LogP contribution in [-0.4, -0.2) is 34.7 Å². The summed E-state index contributed by atoms with van der Waals surface area (Å²) < 4.78 is 0. The van der Waals surface area contributed by atoms with Crippen LogP contribution in [0.5, 0.6) is 0 Å². The van der Waals surface area contributed by atoms with E-state index in [9.17, 15) is 19.7 Å². The fourth-order valence-corrected chi connectivity index (χ4v) is 1.94. The lowest BCUT2D eigenvalue weighted by atomic mass is 10.3. The maximum Gasteiger partial charge on any atom is 0.271 e. The van der Waals surface area contributed by atoms with Crippen LogP contribution in [0.25, 0.3) is 0 Å². The quantitative estimate of drug-likeness (QED) is 0.651. The van der Waals surface area contributed by atoms with Crippen molar-refractivity contribution in [2.45, 2.75) is 12.8 Å². The van der Waals surface area contributed by atoms with Gasteiger partial charge in [0.25, 0.3) is 5.69 Å². The number of hydrogen-bond donors (Lipinski definition) is 1. The Bertz CT molecular complexity index is 529. The Labute approximate surface area is 109 Å². The van der Waals surface area contributed by atoms with Crippen molar-refractivity contribution in [1.29, 1.82) is 0 Å². The fraction of sp³-hybridized carbons (Fsp3) is 0.333. The monoisotopic (exact) mass is 263 g/mol. The highest BCUT2D eigenvalue weighted by atomic mass is 16.6. The van der Waals surface area contributed by atoms with Crippen molar-refractivity contribution in [3.05, 3.63) is 34.4 Å². The van der Waals surface area contributed by atoms with Gasteiger partial charge in [-0.05, 0) is 12.5 Å². The first-order valence-corrected chi connectivity index (χ1v) is 5.88. The van der Waals surface area contributed by atoms with Crippen LogP contribution in [0.15, 0.2) is 24.3 Å². The Morgan fingerprint density at radius 2 is 2.26 bits per heavy atom. The number of rotatable bonds is 4. The molecule has 0 aliphatic carbocycles. The average molecular weight is 263 g/mol. The summed E-state index contributed by atoms with van der Waals surface area (Å²) in [5, 5.41) is 13.1. The molecule has 0 atom stereocenters. The van der Waals surface area contributed by atoms with Gasteiger partial charge >= 0.3 is 0 Å². The third kappa shape index (κ3) is 3.27. The summed E-state index contributed by atoms with van der Waals surface area (Å²) >= 11 is 0. The Morgan fingerprint density at radius 3 is 2.89 bits per heavy atom. The third-order valence-electron chi connectivity index (χ3n) is 2.85. The van der Waals surface area contributed by atoms with Crippen LogP contribution in [0.3, 0.4) is 0 Å². The lowest BCUT2D eigenvalue weighted by molar-refractivity contribution is -0.384. The zero-order chi connectivity index (χ0) is 13.8. The van der Waals surface area contributed by atoms with Crippen molar-refractivity contribution in [3.8, 4) is 0 Å². The van der Waals surface area contributed by atoms with Gasteiger partial charge in [-0.2, -0.15) is 0 Å². The number of carbonyl (C=O) groups is 2. The number of nitro groups is 1.